The number of carbonyl (C=O) groups is 1. The van der Waals surface area contributed by atoms with Gasteiger partial charge in [0.2, 0.25) is 15.9 Å². The number of nitrogens with zero attached hydrogens (tertiary/aromatic N) is 3. The molecule has 174 valence electrons. The van der Waals surface area contributed by atoms with Crippen molar-refractivity contribution >= 4 is 45.9 Å². The average Bonchev–Trinajstić information content (AvgIpc) is 3.25. The number of hydrogen-bond acceptors (Lipinski definition) is 4. The topological polar surface area (TPSA) is 94.1 Å². The largest absolute Gasteiger partial charge is 0.352 e. The van der Waals surface area contributed by atoms with Gasteiger partial charge in [-0.2, -0.15) is 4.31 Å². The predicted molar refractivity (Wildman–Crippen MR) is 133 cm³/mol. The van der Waals surface area contributed by atoms with E-state index >= 15 is 0 Å². The van der Waals surface area contributed by atoms with Crippen molar-refractivity contribution in [1.82, 2.24) is 19.8 Å². The summed E-state index contributed by atoms with van der Waals surface area (Å²) in [4.78, 5) is 18.3. The first-order valence-corrected chi connectivity index (χ1v) is 12.2. The Morgan fingerprint density at radius 1 is 1.13 bits per heavy atom. The molecule has 0 aliphatic carbocycles. The van der Waals surface area contributed by atoms with Crippen LogP contribution in [0.25, 0.3) is 0 Å². The molecule has 2 fully saturated rings. The van der Waals surface area contributed by atoms with E-state index < -0.39 is 10.0 Å². The Bertz CT molecular complexity index is 854. The summed E-state index contributed by atoms with van der Waals surface area (Å²) < 4.78 is 27.1. The fourth-order valence-corrected chi connectivity index (χ4v) is 5.45. The number of sulfonamides is 1. The van der Waals surface area contributed by atoms with Crippen molar-refractivity contribution in [2.75, 3.05) is 33.2 Å². The fraction of sp³-hybridized carbons (Fsp3) is 0.619. The number of likely N-dealkylation sites (tertiary alicyclic amines) is 1. The molecule has 1 aromatic rings. The first-order chi connectivity index (χ1) is 14.4. The Kier molecular flexibility index (Phi) is 10.0. The summed E-state index contributed by atoms with van der Waals surface area (Å²) in [6.07, 6.45) is 4.38. The smallest absolute Gasteiger partial charge is 0.243 e. The lowest BCUT2D eigenvalue weighted by Gasteiger charge is -2.25. The zero-order valence-corrected chi connectivity index (χ0v) is 21.5. The highest BCUT2D eigenvalue weighted by Gasteiger charge is 2.26. The van der Waals surface area contributed by atoms with Gasteiger partial charge in [-0.15, -0.1) is 24.0 Å². The third-order valence-corrected chi connectivity index (χ3v) is 7.66. The molecule has 1 amide bonds. The lowest BCUT2D eigenvalue weighted by atomic mass is 10.2. The first-order valence-electron chi connectivity index (χ1n) is 10.8. The highest BCUT2D eigenvalue weighted by atomic mass is 127. The molecule has 10 heteroatoms. The summed E-state index contributed by atoms with van der Waals surface area (Å²) in [7, 11) is -1.68. The minimum Gasteiger partial charge on any atom is -0.352 e. The van der Waals surface area contributed by atoms with Crippen molar-refractivity contribution in [2.24, 2.45) is 4.99 Å². The molecule has 0 bridgehead atoms. The van der Waals surface area contributed by atoms with Crippen LogP contribution >= 0.6 is 24.0 Å². The van der Waals surface area contributed by atoms with Gasteiger partial charge in [-0.05, 0) is 37.0 Å². The summed E-state index contributed by atoms with van der Waals surface area (Å²) in [5, 5.41) is 6.63. The van der Waals surface area contributed by atoms with Crippen LogP contribution in [-0.2, 0) is 21.4 Å². The third-order valence-electron chi connectivity index (χ3n) is 5.74. The number of guanidine groups is 1. The second-order valence-electron chi connectivity index (χ2n) is 7.86. The molecule has 1 atom stereocenters. The van der Waals surface area contributed by atoms with E-state index in [-0.39, 0.29) is 35.9 Å². The van der Waals surface area contributed by atoms with Crippen LogP contribution in [0.3, 0.4) is 0 Å². The van der Waals surface area contributed by atoms with Crippen LogP contribution in [0.5, 0.6) is 0 Å². The van der Waals surface area contributed by atoms with Gasteiger partial charge in [-0.1, -0.05) is 25.5 Å². The summed E-state index contributed by atoms with van der Waals surface area (Å²) in [5.41, 5.74) is 0.977. The lowest BCUT2D eigenvalue weighted by molar-refractivity contribution is -0.129. The van der Waals surface area contributed by atoms with Crippen molar-refractivity contribution in [1.29, 1.82) is 0 Å². The monoisotopic (exact) mass is 563 g/mol. The molecule has 1 unspecified atom stereocenters. The number of hydrogen-bond donors (Lipinski definition) is 2. The summed E-state index contributed by atoms with van der Waals surface area (Å²) in [6, 6.07) is 7.23. The van der Waals surface area contributed by atoms with Gasteiger partial charge in [0, 0.05) is 52.2 Å². The van der Waals surface area contributed by atoms with E-state index in [0.717, 1.165) is 37.8 Å². The van der Waals surface area contributed by atoms with Gasteiger partial charge in [0.15, 0.2) is 5.96 Å². The standard InChI is InChI=1S/C21H33N5O3S.HI/c1-3-20(27)25-14-11-18(16-25)24-21(22-2)23-15-17-7-9-19(10-8-17)30(28,29)26-12-5-4-6-13-26;/h7-10,18H,3-6,11-16H2,1-2H3,(H2,22,23,24);1H. The van der Waals surface area contributed by atoms with E-state index in [1.54, 1.807) is 23.5 Å². The van der Waals surface area contributed by atoms with E-state index in [1.165, 1.54) is 0 Å². The van der Waals surface area contributed by atoms with E-state index in [4.69, 9.17) is 0 Å². The normalized spacial score (nSPS) is 20.3. The fourth-order valence-electron chi connectivity index (χ4n) is 3.94. The number of nitrogens with one attached hydrogen (secondary N) is 2. The number of amides is 1. The molecule has 1 aromatic carbocycles. The number of piperidine rings is 1. The number of carbonyl (C=O) groups excluding carboxylic acids is 1. The van der Waals surface area contributed by atoms with Crippen LogP contribution in [0.1, 0.15) is 44.6 Å². The molecule has 0 radical (unpaired) electrons. The van der Waals surface area contributed by atoms with E-state index in [2.05, 4.69) is 15.6 Å². The third kappa shape index (κ3) is 6.79. The van der Waals surface area contributed by atoms with Crippen LogP contribution in [0.4, 0.5) is 0 Å². The Balaban J connectivity index is 0.00000341. The Hall–Kier alpha value is -1.40. The van der Waals surface area contributed by atoms with E-state index in [9.17, 15) is 13.2 Å². The van der Waals surface area contributed by atoms with Gasteiger partial charge in [0.05, 0.1) is 4.90 Å². The van der Waals surface area contributed by atoms with E-state index in [0.29, 0.717) is 43.5 Å². The highest BCUT2D eigenvalue weighted by Crippen LogP contribution is 2.20. The second-order valence-corrected chi connectivity index (χ2v) is 9.80. The molecule has 0 spiro atoms. The molecule has 2 N–H and O–H groups in total. The maximum atomic E-state index is 12.8. The minimum atomic E-state index is -3.40. The zero-order chi connectivity index (χ0) is 21.6. The van der Waals surface area contributed by atoms with Gasteiger partial charge >= 0.3 is 0 Å². The van der Waals surface area contributed by atoms with Crippen LogP contribution in [0.2, 0.25) is 0 Å². The average molecular weight is 564 g/mol. The Morgan fingerprint density at radius 2 is 1.81 bits per heavy atom. The van der Waals surface area contributed by atoms with Crippen molar-refractivity contribution < 1.29 is 13.2 Å². The minimum absolute atomic E-state index is 0. The maximum Gasteiger partial charge on any atom is 0.243 e. The molecule has 31 heavy (non-hydrogen) atoms. The molecule has 2 aliphatic rings. The van der Waals surface area contributed by atoms with Crippen molar-refractivity contribution in [3.05, 3.63) is 29.8 Å². The summed E-state index contributed by atoms with van der Waals surface area (Å²) >= 11 is 0. The van der Waals surface area contributed by atoms with Crippen LogP contribution in [0, 0.1) is 0 Å². The second kappa shape index (κ2) is 12.0. The molecule has 0 saturated carbocycles. The number of aliphatic imine (C=N–C) groups is 1. The van der Waals surface area contributed by atoms with Gasteiger partial charge in [-0.25, -0.2) is 8.42 Å². The molecule has 3 rings (SSSR count). The van der Waals surface area contributed by atoms with Gasteiger partial charge in [-0.3, -0.25) is 9.79 Å². The molecule has 8 nitrogen and oxygen atoms in total. The van der Waals surface area contributed by atoms with Gasteiger partial charge in [0.1, 0.15) is 0 Å². The van der Waals surface area contributed by atoms with Crippen molar-refractivity contribution in [3.63, 3.8) is 0 Å². The Morgan fingerprint density at radius 3 is 2.42 bits per heavy atom. The molecule has 2 saturated heterocycles. The van der Waals surface area contributed by atoms with Crippen LogP contribution < -0.4 is 10.6 Å². The van der Waals surface area contributed by atoms with E-state index in [1.807, 2.05) is 24.0 Å². The number of rotatable bonds is 6. The molecular formula is C21H34IN5O3S. The Labute approximate surface area is 202 Å². The molecule has 0 aromatic heterocycles. The predicted octanol–water partition coefficient (Wildman–Crippen LogP) is 2.16. The molecule has 2 heterocycles. The number of halogens is 1. The molecular weight excluding hydrogens is 529 g/mol. The molecule has 2 aliphatic heterocycles. The van der Waals surface area contributed by atoms with Crippen LogP contribution in [-0.4, -0.2) is 68.8 Å². The highest BCUT2D eigenvalue weighted by molar-refractivity contribution is 14.0. The first kappa shape index (κ1) is 25.9. The number of benzene rings is 1. The zero-order valence-electron chi connectivity index (χ0n) is 18.3. The van der Waals surface area contributed by atoms with Crippen molar-refractivity contribution in [2.45, 2.75) is 56.5 Å². The quantitative estimate of drug-likeness (QED) is 0.315. The van der Waals surface area contributed by atoms with Gasteiger partial charge in [0.25, 0.3) is 0 Å². The van der Waals surface area contributed by atoms with Crippen molar-refractivity contribution in [3.8, 4) is 0 Å². The van der Waals surface area contributed by atoms with Crippen LogP contribution in [0.15, 0.2) is 34.2 Å². The lowest BCUT2D eigenvalue weighted by Crippen LogP contribution is -2.44. The summed E-state index contributed by atoms with van der Waals surface area (Å²) in [6.45, 7) is 5.09. The SMILES string of the molecule is CCC(=O)N1CCC(NC(=NC)NCc2ccc(S(=O)(=O)N3CCCCC3)cc2)C1.I. The maximum absolute atomic E-state index is 12.8. The summed E-state index contributed by atoms with van der Waals surface area (Å²) in [5.74, 6) is 0.859. The van der Waals surface area contributed by atoms with Gasteiger partial charge < -0.3 is 15.5 Å².